The highest BCUT2D eigenvalue weighted by Crippen LogP contribution is 2.22. The molecule has 0 aromatic heterocycles. The summed E-state index contributed by atoms with van der Waals surface area (Å²) in [5, 5.41) is 10.3. The molecule has 26 heavy (non-hydrogen) atoms. The zero-order valence-electron chi connectivity index (χ0n) is 13.5. The summed E-state index contributed by atoms with van der Waals surface area (Å²) in [5.41, 5.74) is 1.41. The summed E-state index contributed by atoms with van der Waals surface area (Å²) in [7, 11) is -3.76. The zero-order valence-corrected chi connectivity index (χ0v) is 15.1. The molecule has 0 radical (unpaired) electrons. The number of rotatable bonds is 5. The van der Waals surface area contributed by atoms with Crippen LogP contribution in [0.5, 0.6) is 5.75 Å². The first-order chi connectivity index (χ1) is 12.4. The molecule has 0 atom stereocenters. The van der Waals surface area contributed by atoms with E-state index in [9.17, 15) is 13.5 Å². The van der Waals surface area contributed by atoms with Gasteiger partial charge in [-0.1, -0.05) is 29.8 Å². The lowest BCUT2D eigenvalue weighted by molar-refractivity contribution is 0.474. The van der Waals surface area contributed by atoms with Crippen LogP contribution in [0.15, 0.2) is 82.7 Å². The van der Waals surface area contributed by atoms with Crippen LogP contribution < -0.4 is 4.72 Å². The monoisotopic (exact) mass is 386 g/mol. The lowest BCUT2D eigenvalue weighted by atomic mass is 10.2. The molecule has 0 saturated heterocycles. The molecular weight excluding hydrogens is 372 g/mol. The van der Waals surface area contributed by atoms with Gasteiger partial charge >= 0.3 is 0 Å². The van der Waals surface area contributed by atoms with E-state index in [1.807, 2.05) is 0 Å². The highest BCUT2D eigenvalue weighted by atomic mass is 35.5. The van der Waals surface area contributed by atoms with Crippen LogP contribution in [-0.4, -0.2) is 19.7 Å². The first-order valence-electron chi connectivity index (χ1n) is 7.64. The fourth-order valence-corrected chi connectivity index (χ4v) is 3.43. The van der Waals surface area contributed by atoms with E-state index < -0.39 is 10.0 Å². The molecule has 3 aromatic carbocycles. The van der Waals surface area contributed by atoms with E-state index in [1.165, 1.54) is 18.3 Å². The number of benzene rings is 3. The number of nitrogens with one attached hydrogen (secondary N) is 1. The van der Waals surface area contributed by atoms with Crippen LogP contribution in [0.1, 0.15) is 5.56 Å². The van der Waals surface area contributed by atoms with Gasteiger partial charge in [-0.25, -0.2) is 8.42 Å². The van der Waals surface area contributed by atoms with Crippen LogP contribution >= 0.6 is 11.6 Å². The van der Waals surface area contributed by atoms with Gasteiger partial charge in [0.15, 0.2) is 0 Å². The van der Waals surface area contributed by atoms with Crippen LogP contribution in [0, 0.1) is 0 Å². The second-order valence-corrected chi connectivity index (χ2v) is 7.55. The van der Waals surface area contributed by atoms with Crippen LogP contribution in [0.25, 0.3) is 0 Å². The molecule has 0 heterocycles. The molecule has 0 saturated carbocycles. The molecule has 0 spiro atoms. The largest absolute Gasteiger partial charge is 0.507 e. The highest BCUT2D eigenvalue weighted by molar-refractivity contribution is 7.92. The Morgan fingerprint density at radius 1 is 0.962 bits per heavy atom. The van der Waals surface area contributed by atoms with Gasteiger partial charge in [0, 0.05) is 22.5 Å². The third kappa shape index (κ3) is 4.41. The van der Waals surface area contributed by atoms with Gasteiger partial charge in [-0.3, -0.25) is 9.71 Å². The maximum absolute atomic E-state index is 12.5. The topological polar surface area (TPSA) is 78.8 Å². The third-order valence-corrected chi connectivity index (χ3v) is 5.14. The molecule has 0 aliphatic heterocycles. The molecule has 2 N–H and O–H groups in total. The van der Waals surface area contributed by atoms with Crippen LogP contribution in [0.4, 0.5) is 11.4 Å². The predicted molar refractivity (Wildman–Crippen MR) is 104 cm³/mol. The number of hydrogen-bond donors (Lipinski definition) is 2. The maximum atomic E-state index is 12.5. The molecular formula is C19H15ClN2O3S. The minimum Gasteiger partial charge on any atom is -0.507 e. The van der Waals surface area contributed by atoms with Gasteiger partial charge in [0.25, 0.3) is 10.0 Å². The van der Waals surface area contributed by atoms with Gasteiger partial charge in [0.2, 0.25) is 0 Å². The van der Waals surface area contributed by atoms with Crippen LogP contribution in [-0.2, 0) is 10.0 Å². The first-order valence-corrected chi connectivity index (χ1v) is 9.51. The lowest BCUT2D eigenvalue weighted by Crippen LogP contribution is -2.12. The Kier molecular flexibility index (Phi) is 5.25. The quantitative estimate of drug-likeness (QED) is 0.629. The molecule has 0 unspecified atom stereocenters. The number of para-hydroxylation sites is 1. The molecule has 7 heteroatoms. The number of phenolic OH excluding ortho intramolecular Hbond substituents is 1. The van der Waals surface area contributed by atoms with E-state index in [4.69, 9.17) is 11.6 Å². The molecule has 0 bridgehead atoms. The van der Waals surface area contributed by atoms with E-state index in [2.05, 4.69) is 9.71 Å². The normalized spacial score (nSPS) is 11.6. The van der Waals surface area contributed by atoms with Gasteiger partial charge in [-0.2, -0.15) is 0 Å². The maximum Gasteiger partial charge on any atom is 0.261 e. The second kappa shape index (κ2) is 7.59. The average Bonchev–Trinajstić information content (AvgIpc) is 2.63. The fraction of sp³-hybridized carbons (Fsp3) is 0. The van der Waals surface area contributed by atoms with Gasteiger partial charge in [0.1, 0.15) is 5.75 Å². The zero-order chi connectivity index (χ0) is 18.6. The van der Waals surface area contributed by atoms with Crippen molar-refractivity contribution in [1.29, 1.82) is 0 Å². The number of phenols is 1. The summed E-state index contributed by atoms with van der Waals surface area (Å²) in [4.78, 5) is 4.32. The number of hydrogen-bond acceptors (Lipinski definition) is 4. The van der Waals surface area contributed by atoms with Crippen molar-refractivity contribution < 1.29 is 13.5 Å². The van der Waals surface area contributed by atoms with Crippen LogP contribution in [0.2, 0.25) is 5.02 Å². The number of nitrogens with zero attached hydrogens (tertiary/aromatic N) is 1. The minimum absolute atomic E-state index is 0.0828. The van der Waals surface area contributed by atoms with Gasteiger partial charge < -0.3 is 5.11 Å². The number of sulfonamides is 1. The van der Waals surface area contributed by atoms with E-state index in [0.29, 0.717) is 22.0 Å². The molecule has 0 aliphatic rings. The third-order valence-electron chi connectivity index (χ3n) is 3.51. The van der Waals surface area contributed by atoms with Gasteiger partial charge in [-0.05, 0) is 54.6 Å². The Morgan fingerprint density at radius 3 is 2.42 bits per heavy atom. The number of halogens is 1. The second-order valence-electron chi connectivity index (χ2n) is 5.43. The molecule has 5 nitrogen and oxygen atoms in total. The summed E-state index contributed by atoms with van der Waals surface area (Å²) in [6.45, 7) is 0. The molecule has 0 fully saturated rings. The molecule has 132 valence electrons. The van der Waals surface area contributed by atoms with Gasteiger partial charge in [-0.15, -0.1) is 0 Å². The summed E-state index contributed by atoms with van der Waals surface area (Å²) in [5.74, 6) is 0.101. The van der Waals surface area contributed by atoms with Gasteiger partial charge in [0.05, 0.1) is 10.6 Å². The minimum atomic E-state index is -3.76. The van der Waals surface area contributed by atoms with Crippen molar-refractivity contribution in [3.8, 4) is 5.75 Å². The van der Waals surface area contributed by atoms with Crippen LogP contribution in [0.3, 0.4) is 0 Å². The average molecular weight is 387 g/mol. The molecule has 3 aromatic rings. The Bertz CT molecular complexity index is 1050. The number of aliphatic imine (C=N–C) groups is 1. The Labute approximate surface area is 156 Å². The SMILES string of the molecule is O=S(=O)(Nc1ccc(Cl)cc1)c1cccc(N=Cc2ccccc2O)c1. The number of aromatic hydroxyl groups is 1. The fourth-order valence-electron chi connectivity index (χ4n) is 2.20. The van der Waals surface area contributed by atoms with E-state index in [-0.39, 0.29) is 10.6 Å². The van der Waals surface area contributed by atoms with Crippen molar-refractivity contribution in [3.63, 3.8) is 0 Å². The van der Waals surface area contributed by atoms with Crippen molar-refractivity contribution in [2.75, 3.05) is 4.72 Å². The summed E-state index contributed by atoms with van der Waals surface area (Å²) in [6.07, 6.45) is 1.48. The molecule has 0 aliphatic carbocycles. The van der Waals surface area contributed by atoms with Crippen molar-refractivity contribution in [3.05, 3.63) is 83.4 Å². The predicted octanol–water partition coefficient (Wildman–Crippen LogP) is 4.60. The Hall–Kier alpha value is -2.83. The van der Waals surface area contributed by atoms with Crippen molar-refractivity contribution >= 4 is 39.2 Å². The van der Waals surface area contributed by atoms with Crippen molar-refractivity contribution in [2.45, 2.75) is 4.90 Å². The van der Waals surface area contributed by atoms with E-state index in [1.54, 1.807) is 60.7 Å². The summed E-state index contributed by atoms with van der Waals surface area (Å²) in [6, 6.07) is 19.3. The van der Waals surface area contributed by atoms with Crippen molar-refractivity contribution in [1.82, 2.24) is 0 Å². The summed E-state index contributed by atoms with van der Waals surface area (Å²) < 4.78 is 27.6. The smallest absolute Gasteiger partial charge is 0.261 e. The molecule has 3 rings (SSSR count). The highest BCUT2D eigenvalue weighted by Gasteiger charge is 2.14. The lowest BCUT2D eigenvalue weighted by Gasteiger charge is -2.08. The number of anilines is 1. The van der Waals surface area contributed by atoms with E-state index >= 15 is 0 Å². The van der Waals surface area contributed by atoms with E-state index in [0.717, 1.165) is 0 Å². The molecule has 0 amide bonds. The summed E-state index contributed by atoms with van der Waals surface area (Å²) >= 11 is 5.81. The first kappa shape index (κ1) is 18.0. The standard InChI is InChI=1S/C19H15ClN2O3S/c20-15-8-10-16(11-9-15)22-26(24,25)18-6-3-5-17(12-18)21-13-14-4-1-2-7-19(14)23/h1-13,22-23H. The Balaban J connectivity index is 1.84. The van der Waals surface area contributed by atoms with Crippen molar-refractivity contribution in [2.24, 2.45) is 4.99 Å². The Morgan fingerprint density at radius 2 is 1.69 bits per heavy atom.